The number of benzene rings is 3. The average molecular weight is 471 g/mol. The molecule has 0 radical (unpaired) electrons. The van der Waals surface area contributed by atoms with Crippen LogP contribution in [0.4, 0.5) is 5.69 Å². The van der Waals surface area contributed by atoms with E-state index in [0.29, 0.717) is 11.3 Å². The van der Waals surface area contributed by atoms with Crippen molar-refractivity contribution in [2.75, 3.05) is 5.32 Å². The second kappa shape index (κ2) is 9.67. The van der Waals surface area contributed by atoms with Crippen LogP contribution in [0.1, 0.15) is 79.2 Å². The topological polar surface area (TPSA) is 81.4 Å². The molecule has 0 aromatic heterocycles. The van der Waals surface area contributed by atoms with Crippen LogP contribution in [0, 0.1) is 0 Å². The van der Waals surface area contributed by atoms with Crippen molar-refractivity contribution in [3.05, 3.63) is 101 Å². The summed E-state index contributed by atoms with van der Waals surface area (Å²) in [5, 5.41) is 2.87. The van der Waals surface area contributed by atoms with Crippen molar-refractivity contribution in [2.24, 2.45) is 5.73 Å². The molecule has 0 heterocycles. The molecule has 5 heteroatoms. The maximum absolute atomic E-state index is 12.9. The Balaban J connectivity index is 1.41. The minimum absolute atomic E-state index is 0.0437. The quantitative estimate of drug-likeness (QED) is 0.431. The van der Waals surface area contributed by atoms with Gasteiger partial charge < -0.3 is 15.8 Å². The summed E-state index contributed by atoms with van der Waals surface area (Å²) in [6.07, 6.45) is 2.23. The van der Waals surface area contributed by atoms with E-state index in [9.17, 15) is 9.59 Å². The first-order valence-corrected chi connectivity index (χ1v) is 12.1. The van der Waals surface area contributed by atoms with Crippen molar-refractivity contribution in [2.45, 2.75) is 64.0 Å². The lowest BCUT2D eigenvalue weighted by molar-refractivity contribution is -0.117. The van der Waals surface area contributed by atoms with Gasteiger partial charge in [-0.2, -0.15) is 0 Å². The molecule has 35 heavy (non-hydrogen) atoms. The molecule has 3 N–H and O–H groups in total. The molecule has 1 atom stereocenters. The van der Waals surface area contributed by atoms with Gasteiger partial charge in [0.05, 0.1) is 5.56 Å². The number of amides is 1. The molecule has 3 aromatic rings. The number of rotatable bonds is 6. The van der Waals surface area contributed by atoms with Crippen LogP contribution in [0.5, 0.6) is 0 Å². The largest absolute Gasteiger partial charge is 0.457 e. The van der Waals surface area contributed by atoms with Gasteiger partial charge in [-0.3, -0.25) is 4.79 Å². The lowest BCUT2D eigenvalue weighted by Gasteiger charge is -2.42. The summed E-state index contributed by atoms with van der Waals surface area (Å²) < 4.78 is 5.36. The maximum atomic E-state index is 12.9. The third kappa shape index (κ3) is 5.46. The third-order valence-corrected chi connectivity index (χ3v) is 7.12. The molecule has 0 saturated heterocycles. The number of esters is 1. The van der Waals surface area contributed by atoms with E-state index in [1.54, 1.807) is 24.3 Å². The molecule has 1 unspecified atom stereocenters. The van der Waals surface area contributed by atoms with Crippen molar-refractivity contribution in [1.29, 1.82) is 0 Å². The summed E-state index contributed by atoms with van der Waals surface area (Å²) in [5.41, 5.74) is 11.8. The summed E-state index contributed by atoms with van der Waals surface area (Å²) >= 11 is 0. The normalized spacial score (nSPS) is 16.6. The summed E-state index contributed by atoms with van der Waals surface area (Å²) in [6, 6.07) is 21.6. The van der Waals surface area contributed by atoms with Gasteiger partial charge in [0.25, 0.3) is 0 Å². The first-order valence-electron chi connectivity index (χ1n) is 12.1. The second-order valence-corrected chi connectivity index (χ2v) is 10.7. The van der Waals surface area contributed by atoms with Gasteiger partial charge in [0.2, 0.25) is 5.91 Å². The van der Waals surface area contributed by atoms with E-state index in [0.717, 1.165) is 24.0 Å². The number of anilines is 1. The standard InChI is InChI=1S/C30H34N2O3/c1-29(2)16-17-30(3,4)25-18-22(12-15-24(25)29)26(31)27(33)32-23-13-10-21(11-14-23)28(34)35-19-20-8-6-5-7-9-20/h5-15,18,26H,16-17,19,31H2,1-4H3,(H,32,33). The molecular formula is C30H34N2O3. The lowest BCUT2D eigenvalue weighted by atomic mass is 9.63. The van der Waals surface area contributed by atoms with E-state index in [2.05, 4.69) is 45.1 Å². The van der Waals surface area contributed by atoms with Gasteiger partial charge in [0.1, 0.15) is 12.6 Å². The molecule has 182 valence electrons. The Morgan fingerprint density at radius 1 is 0.886 bits per heavy atom. The lowest BCUT2D eigenvalue weighted by Crippen LogP contribution is -2.35. The van der Waals surface area contributed by atoms with Crippen LogP contribution in [0.2, 0.25) is 0 Å². The Labute approximate surface area is 207 Å². The Morgan fingerprint density at radius 2 is 1.51 bits per heavy atom. The fraction of sp³-hybridized carbons (Fsp3) is 0.333. The van der Waals surface area contributed by atoms with Crippen molar-refractivity contribution in [3.8, 4) is 0 Å². The van der Waals surface area contributed by atoms with Gasteiger partial charge in [-0.05, 0) is 70.2 Å². The van der Waals surface area contributed by atoms with E-state index in [4.69, 9.17) is 10.5 Å². The molecule has 0 saturated carbocycles. The zero-order chi connectivity index (χ0) is 25.2. The maximum Gasteiger partial charge on any atom is 0.338 e. The van der Waals surface area contributed by atoms with Crippen LogP contribution in [-0.4, -0.2) is 11.9 Å². The monoisotopic (exact) mass is 470 g/mol. The zero-order valence-electron chi connectivity index (χ0n) is 20.9. The van der Waals surface area contributed by atoms with Crippen LogP contribution in [0.15, 0.2) is 72.8 Å². The first-order chi connectivity index (χ1) is 16.6. The molecule has 1 aliphatic rings. The van der Waals surface area contributed by atoms with Crippen LogP contribution in [0.3, 0.4) is 0 Å². The highest BCUT2D eigenvalue weighted by Gasteiger charge is 2.37. The van der Waals surface area contributed by atoms with E-state index in [1.807, 2.05) is 36.4 Å². The van der Waals surface area contributed by atoms with Gasteiger partial charge in [-0.15, -0.1) is 0 Å². The summed E-state index contributed by atoms with van der Waals surface area (Å²) in [6.45, 7) is 9.26. The molecule has 1 amide bonds. The Kier molecular flexibility index (Phi) is 6.82. The molecule has 0 fully saturated rings. The number of hydrogen-bond acceptors (Lipinski definition) is 4. The van der Waals surface area contributed by atoms with Gasteiger partial charge in [-0.25, -0.2) is 4.79 Å². The molecule has 5 nitrogen and oxygen atoms in total. The summed E-state index contributed by atoms with van der Waals surface area (Å²) in [5.74, 6) is -0.708. The highest BCUT2D eigenvalue weighted by Crippen LogP contribution is 2.46. The third-order valence-electron chi connectivity index (χ3n) is 7.12. The van der Waals surface area contributed by atoms with Gasteiger partial charge in [0.15, 0.2) is 0 Å². The van der Waals surface area contributed by atoms with Gasteiger partial charge >= 0.3 is 5.97 Å². The number of ether oxygens (including phenoxy) is 1. The highest BCUT2D eigenvalue weighted by atomic mass is 16.5. The number of fused-ring (bicyclic) bond motifs is 1. The Bertz CT molecular complexity index is 1210. The van der Waals surface area contributed by atoms with Gasteiger partial charge in [-0.1, -0.05) is 76.2 Å². The van der Waals surface area contributed by atoms with Crippen LogP contribution in [-0.2, 0) is 27.0 Å². The Morgan fingerprint density at radius 3 is 2.17 bits per heavy atom. The molecule has 3 aromatic carbocycles. The van der Waals surface area contributed by atoms with E-state index in [1.165, 1.54) is 11.1 Å². The summed E-state index contributed by atoms with van der Waals surface area (Å²) in [7, 11) is 0. The summed E-state index contributed by atoms with van der Waals surface area (Å²) in [4.78, 5) is 25.3. The molecule has 0 aliphatic heterocycles. The average Bonchev–Trinajstić information content (AvgIpc) is 2.86. The van der Waals surface area contributed by atoms with Gasteiger partial charge in [0, 0.05) is 5.69 Å². The van der Waals surface area contributed by atoms with E-state index >= 15 is 0 Å². The van der Waals surface area contributed by atoms with Crippen molar-refractivity contribution in [1.82, 2.24) is 0 Å². The number of carbonyl (C=O) groups is 2. The van der Waals surface area contributed by atoms with E-state index in [-0.39, 0.29) is 23.3 Å². The van der Waals surface area contributed by atoms with Crippen LogP contribution >= 0.6 is 0 Å². The molecule has 0 spiro atoms. The zero-order valence-corrected chi connectivity index (χ0v) is 20.9. The highest BCUT2D eigenvalue weighted by molar-refractivity contribution is 5.96. The molecular weight excluding hydrogens is 436 g/mol. The predicted octanol–water partition coefficient (Wildman–Crippen LogP) is 6.03. The minimum Gasteiger partial charge on any atom is -0.457 e. The fourth-order valence-electron chi connectivity index (χ4n) is 4.67. The number of hydrogen-bond donors (Lipinski definition) is 2. The van der Waals surface area contributed by atoms with Crippen molar-refractivity contribution >= 4 is 17.6 Å². The van der Waals surface area contributed by atoms with Crippen LogP contribution < -0.4 is 11.1 Å². The van der Waals surface area contributed by atoms with Crippen molar-refractivity contribution < 1.29 is 14.3 Å². The number of carbonyl (C=O) groups excluding carboxylic acids is 2. The molecule has 4 rings (SSSR count). The second-order valence-electron chi connectivity index (χ2n) is 10.7. The Hall–Kier alpha value is -3.44. The molecule has 1 aliphatic carbocycles. The fourth-order valence-corrected chi connectivity index (χ4v) is 4.67. The molecule has 0 bridgehead atoms. The SMILES string of the molecule is CC1(C)CCC(C)(C)c2cc(C(N)C(=O)Nc3ccc(C(=O)OCc4ccccc4)cc3)ccc21. The number of nitrogens with two attached hydrogens (primary N) is 1. The van der Waals surface area contributed by atoms with Crippen molar-refractivity contribution in [3.63, 3.8) is 0 Å². The smallest absolute Gasteiger partial charge is 0.338 e. The van der Waals surface area contributed by atoms with Crippen LogP contribution in [0.25, 0.3) is 0 Å². The first kappa shape index (κ1) is 24.7. The minimum atomic E-state index is -0.795. The predicted molar refractivity (Wildman–Crippen MR) is 139 cm³/mol. The number of nitrogens with one attached hydrogen (secondary N) is 1. The van der Waals surface area contributed by atoms with E-state index < -0.39 is 12.0 Å².